The maximum Gasteiger partial charge on any atom is 0.251 e. The minimum Gasteiger partial charge on any atom is -0.390 e. The highest BCUT2D eigenvalue weighted by molar-refractivity contribution is 5.94. The van der Waals surface area contributed by atoms with Crippen LogP contribution in [0.2, 0.25) is 0 Å². The number of nitrogens with one attached hydrogen (secondary N) is 2. The van der Waals surface area contributed by atoms with E-state index >= 15 is 0 Å². The zero-order valence-electron chi connectivity index (χ0n) is 24.7. The topological polar surface area (TPSA) is 64.6 Å². The number of carbonyl (C=O) groups excluding carboxylic acids is 1. The highest BCUT2D eigenvalue weighted by atomic mass is 35.5. The lowest BCUT2D eigenvalue weighted by Gasteiger charge is -2.25. The molecule has 0 saturated carbocycles. The van der Waals surface area contributed by atoms with Gasteiger partial charge in [0.2, 0.25) is 0 Å². The molecule has 3 aromatic rings. The van der Waals surface area contributed by atoms with E-state index in [1.54, 1.807) is 0 Å². The van der Waals surface area contributed by atoms with Gasteiger partial charge in [-0.05, 0) is 79.3 Å². The summed E-state index contributed by atoms with van der Waals surface area (Å²) in [6, 6.07) is 16.4. The second-order valence-electron chi connectivity index (χ2n) is 11.2. The van der Waals surface area contributed by atoms with E-state index in [4.69, 9.17) is 0 Å². The van der Waals surface area contributed by atoms with Crippen molar-refractivity contribution < 1.29 is 18.7 Å². The van der Waals surface area contributed by atoms with Gasteiger partial charge in [0.25, 0.3) is 5.91 Å². The number of benzene rings is 3. The molecule has 0 aliphatic rings. The van der Waals surface area contributed by atoms with Gasteiger partial charge in [0.05, 0.1) is 12.1 Å². The van der Waals surface area contributed by atoms with Gasteiger partial charge in [0.15, 0.2) is 0 Å². The minimum atomic E-state index is -0.994. The van der Waals surface area contributed by atoms with Gasteiger partial charge in [-0.25, -0.2) is 8.78 Å². The summed E-state index contributed by atoms with van der Waals surface area (Å²) in [4.78, 5) is 15.6. The van der Waals surface area contributed by atoms with Crippen molar-refractivity contribution in [1.82, 2.24) is 15.5 Å². The molecule has 0 unspecified atom stereocenters. The molecule has 0 radical (unpaired) electrons. The molecule has 0 heterocycles. The summed E-state index contributed by atoms with van der Waals surface area (Å²) in [6.07, 6.45) is 0.0134. The molecule has 0 aliphatic heterocycles. The Hall–Kier alpha value is -2.84. The Bertz CT molecular complexity index is 1250. The van der Waals surface area contributed by atoms with Gasteiger partial charge in [-0.15, -0.1) is 12.4 Å². The average molecular weight is 588 g/mol. The number of halogens is 3. The summed E-state index contributed by atoms with van der Waals surface area (Å²) in [7, 11) is 2.05. The number of amides is 1. The van der Waals surface area contributed by atoms with E-state index in [9.17, 15) is 18.7 Å². The fourth-order valence-electron chi connectivity index (χ4n) is 5.07. The van der Waals surface area contributed by atoms with Crippen LogP contribution in [0.15, 0.2) is 60.7 Å². The third kappa shape index (κ3) is 11.5. The molecule has 3 aromatic carbocycles. The Morgan fingerprint density at radius 2 is 1.63 bits per heavy atom. The normalized spacial score (nSPS) is 12.7. The van der Waals surface area contributed by atoms with E-state index in [1.807, 2.05) is 31.2 Å². The second kappa shape index (κ2) is 16.6. The van der Waals surface area contributed by atoms with Crippen molar-refractivity contribution in [3.63, 3.8) is 0 Å². The number of carbonyl (C=O) groups is 1. The predicted molar refractivity (Wildman–Crippen MR) is 164 cm³/mol. The quantitative estimate of drug-likeness (QED) is 0.222. The van der Waals surface area contributed by atoms with Gasteiger partial charge < -0.3 is 20.6 Å². The molecule has 1 amide bonds. The lowest BCUT2D eigenvalue weighted by Crippen LogP contribution is -2.48. The molecule has 5 nitrogen and oxygen atoms in total. The maximum absolute atomic E-state index is 13.9. The van der Waals surface area contributed by atoms with Gasteiger partial charge in [-0.3, -0.25) is 4.79 Å². The van der Waals surface area contributed by atoms with Gasteiger partial charge in [0, 0.05) is 37.8 Å². The van der Waals surface area contributed by atoms with Crippen molar-refractivity contribution in [2.75, 3.05) is 20.1 Å². The smallest absolute Gasteiger partial charge is 0.251 e. The number of rotatable bonds is 14. The van der Waals surface area contributed by atoms with Crippen LogP contribution < -0.4 is 10.6 Å². The van der Waals surface area contributed by atoms with Crippen molar-refractivity contribution >= 4 is 18.3 Å². The highest BCUT2D eigenvalue weighted by Crippen LogP contribution is 2.16. The van der Waals surface area contributed by atoms with Crippen molar-refractivity contribution in [1.29, 1.82) is 0 Å². The van der Waals surface area contributed by atoms with Crippen LogP contribution in [0.1, 0.15) is 58.9 Å². The minimum absolute atomic E-state index is 0. The van der Waals surface area contributed by atoms with Crippen molar-refractivity contribution in [2.45, 2.75) is 65.8 Å². The third-order valence-electron chi connectivity index (χ3n) is 6.77. The van der Waals surface area contributed by atoms with Crippen LogP contribution in [0.25, 0.3) is 0 Å². The van der Waals surface area contributed by atoms with E-state index in [2.05, 4.69) is 61.6 Å². The van der Waals surface area contributed by atoms with E-state index in [0.29, 0.717) is 30.1 Å². The van der Waals surface area contributed by atoms with E-state index in [0.717, 1.165) is 35.7 Å². The zero-order valence-corrected chi connectivity index (χ0v) is 25.5. The highest BCUT2D eigenvalue weighted by Gasteiger charge is 2.23. The number of aliphatic hydroxyl groups excluding tert-OH is 1. The Morgan fingerprint density at radius 3 is 2.29 bits per heavy atom. The Labute approximate surface area is 249 Å². The molecule has 2 atom stereocenters. The van der Waals surface area contributed by atoms with E-state index < -0.39 is 23.8 Å². The lowest BCUT2D eigenvalue weighted by molar-refractivity contribution is 0.0829. The van der Waals surface area contributed by atoms with Crippen LogP contribution in [-0.2, 0) is 25.9 Å². The molecule has 41 heavy (non-hydrogen) atoms. The van der Waals surface area contributed by atoms with Crippen molar-refractivity contribution in [2.24, 2.45) is 5.92 Å². The molecule has 0 bridgehead atoms. The van der Waals surface area contributed by atoms with E-state index in [-0.39, 0.29) is 31.3 Å². The number of hydrogen-bond donors (Lipinski definition) is 3. The number of aliphatic hydroxyl groups is 1. The summed E-state index contributed by atoms with van der Waals surface area (Å²) in [6.45, 7) is 10.8. The summed E-state index contributed by atoms with van der Waals surface area (Å²) in [5.41, 5.74) is 5.15. The van der Waals surface area contributed by atoms with Crippen molar-refractivity contribution in [3.8, 4) is 0 Å². The van der Waals surface area contributed by atoms with Gasteiger partial charge in [-0.1, -0.05) is 56.7 Å². The zero-order chi connectivity index (χ0) is 29.2. The molecule has 3 N–H and O–H groups in total. The Kier molecular flexibility index (Phi) is 13.9. The first-order valence-electron chi connectivity index (χ1n) is 14.0. The molecular weight excluding hydrogens is 544 g/mol. The van der Waals surface area contributed by atoms with Gasteiger partial charge in [0.1, 0.15) is 11.6 Å². The molecule has 0 aromatic heterocycles. The summed E-state index contributed by atoms with van der Waals surface area (Å²) >= 11 is 0. The molecule has 8 heteroatoms. The van der Waals surface area contributed by atoms with Gasteiger partial charge >= 0.3 is 0 Å². The van der Waals surface area contributed by atoms with Gasteiger partial charge in [-0.2, -0.15) is 0 Å². The molecular formula is C33H44ClF2N3O2. The average Bonchev–Trinajstić information content (AvgIpc) is 2.86. The maximum atomic E-state index is 13.9. The third-order valence-corrected chi connectivity index (χ3v) is 6.77. The largest absolute Gasteiger partial charge is 0.390 e. The van der Waals surface area contributed by atoms with Crippen LogP contribution in [0, 0.1) is 24.5 Å². The van der Waals surface area contributed by atoms with E-state index in [1.165, 1.54) is 17.7 Å². The SMILES string of the molecule is CCc1cccc(CNC[C@H](O)[C@H](Cc2cc(F)cc(F)c2)NC(=O)c2cc(C)cc(CN(C)CC(C)C)c2)c1.Cl. The predicted octanol–water partition coefficient (Wildman–Crippen LogP) is 5.84. The van der Waals surface area contributed by atoms with Crippen LogP contribution in [0.5, 0.6) is 0 Å². The van der Waals surface area contributed by atoms with Crippen LogP contribution in [0.4, 0.5) is 8.78 Å². The number of hydrogen-bond acceptors (Lipinski definition) is 4. The summed E-state index contributed by atoms with van der Waals surface area (Å²) < 4.78 is 27.9. The molecule has 0 saturated heterocycles. The van der Waals surface area contributed by atoms with Crippen LogP contribution in [-0.4, -0.2) is 48.2 Å². The van der Waals surface area contributed by atoms with Crippen LogP contribution >= 0.6 is 12.4 Å². The van der Waals surface area contributed by atoms with Crippen LogP contribution in [0.3, 0.4) is 0 Å². The first kappa shape index (κ1) is 34.4. The fraction of sp³-hybridized carbons (Fsp3) is 0.424. The monoisotopic (exact) mass is 587 g/mol. The molecule has 224 valence electrons. The molecule has 0 aliphatic carbocycles. The molecule has 3 rings (SSSR count). The van der Waals surface area contributed by atoms with Crippen molar-refractivity contribution in [3.05, 3.63) is 106 Å². The molecule has 0 spiro atoms. The lowest BCUT2D eigenvalue weighted by atomic mass is 9.99. The Balaban J connectivity index is 0.00000588. The standard InChI is InChI=1S/C33H43F2N3O2.ClH/c1-6-24-8-7-9-25(12-24)18-36-19-32(39)31(16-26-14-29(34)17-30(35)15-26)37-33(40)28-11-23(4)10-27(13-28)21-38(5)20-22(2)3;/h7-15,17,22,31-32,36,39H,6,16,18-21H2,1-5H3,(H,37,40);1H/t31-,32-;/m0./s1. The first-order chi connectivity index (χ1) is 19.0. The second-order valence-corrected chi connectivity index (χ2v) is 11.2. The molecule has 0 fully saturated rings. The fourth-order valence-corrected chi connectivity index (χ4v) is 5.07. The first-order valence-corrected chi connectivity index (χ1v) is 14.0. The number of nitrogens with zero attached hydrogens (tertiary/aromatic N) is 1. The number of aryl methyl sites for hydroxylation is 2. The summed E-state index contributed by atoms with van der Waals surface area (Å²) in [5, 5.41) is 17.3. The summed E-state index contributed by atoms with van der Waals surface area (Å²) in [5.74, 6) is -1.21. The Morgan fingerprint density at radius 1 is 0.951 bits per heavy atom.